The number of likely N-dealkylation sites (N-methyl/N-ethyl adjacent to an activating group) is 1. The van der Waals surface area contributed by atoms with Gasteiger partial charge in [0.15, 0.2) is 0 Å². The van der Waals surface area contributed by atoms with E-state index >= 15 is 0 Å². The molecule has 0 aliphatic heterocycles. The van der Waals surface area contributed by atoms with Crippen LogP contribution in [0, 0.1) is 16.7 Å². The van der Waals surface area contributed by atoms with Gasteiger partial charge >= 0.3 is 0 Å². The van der Waals surface area contributed by atoms with Gasteiger partial charge in [-0.15, -0.1) is 0 Å². The Morgan fingerprint density at radius 3 is 2.21 bits per heavy atom. The second kappa shape index (κ2) is 4.90. The summed E-state index contributed by atoms with van der Waals surface area (Å²) in [6.07, 6.45) is 4.11. The number of nitrogens with zero attached hydrogens (tertiary/aromatic N) is 1. The summed E-state index contributed by atoms with van der Waals surface area (Å²) in [5.74, 6) is 0.720. The minimum atomic E-state index is 0.421. The lowest BCUT2D eigenvalue weighted by molar-refractivity contribution is 0.418. The molecule has 1 aliphatic carbocycles. The first-order valence-corrected chi connectivity index (χ1v) is 7.45. The minimum absolute atomic E-state index is 0.421. The highest BCUT2D eigenvalue weighted by atomic mass is 14.9. The Bertz CT molecular complexity index is 417. The molecular formula is C17H28N2. The molecule has 0 radical (unpaired) electrons. The molecule has 2 heteroatoms. The Hall–Kier alpha value is -0.890. The SMILES string of the molecule is CCc1ccc(CC(NC)C2C(C)(C)C2(C)C)nc1. The molecule has 0 bridgehead atoms. The molecule has 1 heterocycles. The van der Waals surface area contributed by atoms with E-state index in [0.717, 1.165) is 18.8 Å². The van der Waals surface area contributed by atoms with Crippen LogP contribution < -0.4 is 5.32 Å². The summed E-state index contributed by atoms with van der Waals surface area (Å²) in [6, 6.07) is 4.91. The van der Waals surface area contributed by atoms with Crippen LogP contribution in [-0.4, -0.2) is 18.1 Å². The van der Waals surface area contributed by atoms with Gasteiger partial charge in [-0.1, -0.05) is 40.7 Å². The highest BCUT2D eigenvalue weighted by Crippen LogP contribution is 2.69. The van der Waals surface area contributed by atoms with Crippen LogP contribution in [0.5, 0.6) is 0 Å². The van der Waals surface area contributed by atoms with Gasteiger partial charge in [0.25, 0.3) is 0 Å². The highest BCUT2D eigenvalue weighted by Gasteiger charge is 2.66. The molecule has 0 spiro atoms. The zero-order valence-electron chi connectivity index (χ0n) is 13.2. The molecule has 106 valence electrons. The molecule has 1 atom stereocenters. The first-order valence-electron chi connectivity index (χ1n) is 7.45. The largest absolute Gasteiger partial charge is 0.316 e. The van der Waals surface area contributed by atoms with Crippen LogP contribution in [0.1, 0.15) is 45.9 Å². The summed E-state index contributed by atoms with van der Waals surface area (Å²) < 4.78 is 0. The summed E-state index contributed by atoms with van der Waals surface area (Å²) in [7, 11) is 2.08. The number of hydrogen-bond acceptors (Lipinski definition) is 2. The van der Waals surface area contributed by atoms with Gasteiger partial charge in [-0.25, -0.2) is 0 Å². The van der Waals surface area contributed by atoms with Crippen molar-refractivity contribution in [2.24, 2.45) is 16.7 Å². The van der Waals surface area contributed by atoms with E-state index in [1.165, 1.54) is 11.3 Å². The van der Waals surface area contributed by atoms with Crippen LogP contribution in [0.25, 0.3) is 0 Å². The van der Waals surface area contributed by atoms with Gasteiger partial charge in [-0.05, 0) is 41.8 Å². The van der Waals surface area contributed by atoms with Gasteiger partial charge in [0.1, 0.15) is 0 Å². The van der Waals surface area contributed by atoms with Gasteiger partial charge in [-0.2, -0.15) is 0 Å². The van der Waals surface area contributed by atoms with E-state index in [2.05, 4.69) is 64.1 Å². The zero-order chi connectivity index (χ0) is 14.3. The maximum atomic E-state index is 4.60. The van der Waals surface area contributed by atoms with Crippen LogP contribution in [0.2, 0.25) is 0 Å². The topological polar surface area (TPSA) is 24.9 Å². The van der Waals surface area contributed by atoms with E-state index in [4.69, 9.17) is 0 Å². The van der Waals surface area contributed by atoms with Crippen molar-refractivity contribution in [2.75, 3.05) is 7.05 Å². The molecule has 1 aromatic rings. The van der Waals surface area contributed by atoms with Crippen LogP contribution in [-0.2, 0) is 12.8 Å². The van der Waals surface area contributed by atoms with Crippen molar-refractivity contribution in [3.8, 4) is 0 Å². The van der Waals surface area contributed by atoms with E-state index < -0.39 is 0 Å². The first-order chi connectivity index (χ1) is 8.84. The number of aromatic nitrogens is 1. The van der Waals surface area contributed by atoms with Crippen molar-refractivity contribution in [2.45, 2.75) is 53.5 Å². The Kier molecular flexibility index (Phi) is 3.74. The number of rotatable bonds is 5. The second-order valence-electron chi connectivity index (χ2n) is 7.03. The fourth-order valence-corrected chi connectivity index (χ4v) is 3.65. The first kappa shape index (κ1) is 14.5. The maximum absolute atomic E-state index is 4.60. The number of pyridine rings is 1. The third kappa shape index (κ3) is 2.43. The number of hydrogen-bond donors (Lipinski definition) is 1. The summed E-state index contributed by atoms with van der Waals surface area (Å²) in [5.41, 5.74) is 3.36. The Labute approximate surface area is 118 Å². The average Bonchev–Trinajstić information content (AvgIpc) is 2.78. The van der Waals surface area contributed by atoms with Crippen LogP contribution in [0.15, 0.2) is 18.3 Å². The molecule has 0 amide bonds. The van der Waals surface area contributed by atoms with Crippen molar-refractivity contribution in [3.05, 3.63) is 29.6 Å². The third-order valence-electron chi connectivity index (χ3n) is 5.63. The van der Waals surface area contributed by atoms with Crippen LogP contribution in [0.3, 0.4) is 0 Å². The van der Waals surface area contributed by atoms with Crippen LogP contribution >= 0.6 is 0 Å². The predicted octanol–water partition coefficient (Wildman–Crippen LogP) is 3.46. The fraction of sp³-hybridized carbons (Fsp3) is 0.706. The third-order valence-corrected chi connectivity index (χ3v) is 5.63. The van der Waals surface area contributed by atoms with E-state index in [9.17, 15) is 0 Å². The molecule has 2 rings (SSSR count). The van der Waals surface area contributed by atoms with Crippen molar-refractivity contribution >= 4 is 0 Å². The standard InChI is InChI=1S/C17H28N2/c1-7-12-8-9-13(19-11-12)10-14(18-6)15-16(2,3)17(15,4)5/h8-9,11,14-15,18H,7,10H2,1-6H3. The highest BCUT2D eigenvalue weighted by molar-refractivity contribution is 5.20. The van der Waals surface area contributed by atoms with Gasteiger partial charge in [0.05, 0.1) is 0 Å². The van der Waals surface area contributed by atoms with Gasteiger partial charge < -0.3 is 5.32 Å². The van der Waals surface area contributed by atoms with Gasteiger partial charge in [0, 0.05) is 24.4 Å². The van der Waals surface area contributed by atoms with E-state index in [-0.39, 0.29) is 0 Å². The molecular weight excluding hydrogens is 232 g/mol. The van der Waals surface area contributed by atoms with Gasteiger partial charge in [-0.3, -0.25) is 4.98 Å². The Morgan fingerprint density at radius 2 is 1.84 bits per heavy atom. The molecule has 1 fully saturated rings. The smallest absolute Gasteiger partial charge is 0.0419 e. The molecule has 1 N–H and O–H groups in total. The molecule has 0 aromatic carbocycles. The Balaban J connectivity index is 2.08. The molecule has 19 heavy (non-hydrogen) atoms. The molecule has 0 saturated heterocycles. The van der Waals surface area contributed by atoms with Crippen molar-refractivity contribution in [1.29, 1.82) is 0 Å². The second-order valence-corrected chi connectivity index (χ2v) is 7.03. The predicted molar refractivity (Wildman–Crippen MR) is 81.2 cm³/mol. The lowest BCUT2D eigenvalue weighted by Gasteiger charge is -2.18. The maximum Gasteiger partial charge on any atom is 0.0419 e. The van der Waals surface area contributed by atoms with E-state index in [1.54, 1.807) is 0 Å². The minimum Gasteiger partial charge on any atom is -0.316 e. The average molecular weight is 260 g/mol. The van der Waals surface area contributed by atoms with Crippen molar-refractivity contribution < 1.29 is 0 Å². The quantitative estimate of drug-likeness (QED) is 0.877. The molecule has 1 aliphatic rings. The summed E-state index contributed by atoms with van der Waals surface area (Å²) in [4.78, 5) is 4.60. The molecule has 2 nitrogen and oxygen atoms in total. The zero-order valence-corrected chi connectivity index (χ0v) is 13.2. The lowest BCUT2D eigenvalue weighted by Crippen LogP contribution is -2.32. The summed E-state index contributed by atoms with van der Waals surface area (Å²) in [5, 5.41) is 3.51. The van der Waals surface area contributed by atoms with Crippen LogP contribution in [0.4, 0.5) is 0 Å². The van der Waals surface area contributed by atoms with Crippen molar-refractivity contribution in [3.63, 3.8) is 0 Å². The Morgan fingerprint density at radius 1 is 1.21 bits per heavy atom. The summed E-state index contributed by atoms with van der Waals surface area (Å²) >= 11 is 0. The summed E-state index contributed by atoms with van der Waals surface area (Å²) in [6.45, 7) is 11.7. The monoisotopic (exact) mass is 260 g/mol. The van der Waals surface area contributed by atoms with Gasteiger partial charge in [0.2, 0.25) is 0 Å². The molecule has 1 unspecified atom stereocenters. The van der Waals surface area contributed by atoms with E-state index in [0.29, 0.717) is 16.9 Å². The fourth-order valence-electron chi connectivity index (χ4n) is 3.65. The lowest BCUT2D eigenvalue weighted by atomic mass is 9.99. The van der Waals surface area contributed by atoms with E-state index in [1.807, 2.05) is 6.20 Å². The molecule has 1 saturated carbocycles. The normalized spacial score (nSPS) is 22.2. The number of nitrogens with one attached hydrogen (secondary N) is 1. The van der Waals surface area contributed by atoms with Crippen molar-refractivity contribution in [1.82, 2.24) is 10.3 Å². The molecule has 1 aromatic heterocycles. The number of aryl methyl sites for hydroxylation is 1.